The van der Waals surface area contributed by atoms with Crippen molar-refractivity contribution in [3.05, 3.63) is 41.7 Å². The van der Waals surface area contributed by atoms with Crippen LogP contribution in [0, 0.1) is 6.92 Å². The quantitative estimate of drug-likeness (QED) is 0.717. The van der Waals surface area contributed by atoms with Crippen LogP contribution in [-0.4, -0.2) is 26.4 Å². The molecule has 7 heteroatoms. The second kappa shape index (κ2) is 4.52. The van der Waals surface area contributed by atoms with E-state index in [1.807, 2.05) is 0 Å². The predicted molar refractivity (Wildman–Crippen MR) is 64.2 cm³/mol. The van der Waals surface area contributed by atoms with Crippen molar-refractivity contribution < 1.29 is 13.9 Å². The van der Waals surface area contributed by atoms with Crippen molar-refractivity contribution >= 4 is 16.9 Å². The third-order valence-corrected chi connectivity index (χ3v) is 2.57. The minimum absolute atomic E-state index is 0.0410. The second-order valence-electron chi connectivity index (χ2n) is 3.96. The van der Waals surface area contributed by atoms with Crippen LogP contribution in [0.4, 0.5) is 0 Å². The fourth-order valence-corrected chi connectivity index (χ4v) is 1.67. The van der Waals surface area contributed by atoms with Crippen LogP contribution in [0.25, 0.3) is 10.9 Å². The number of ether oxygens (including phenoxy) is 1. The molecular weight excluding hydrogens is 248 g/mol. The minimum atomic E-state index is -0.452. The first kappa shape index (κ1) is 11.4. The Bertz CT molecular complexity index is 731. The number of benzene rings is 1. The highest BCUT2D eigenvalue weighted by Gasteiger charge is 2.11. The maximum absolute atomic E-state index is 11.8. The summed E-state index contributed by atoms with van der Waals surface area (Å²) in [5.41, 5.74) is 1.22. The van der Waals surface area contributed by atoms with Gasteiger partial charge >= 0.3 is 5.97 Å². The second-order valence-corrected chi connectivity index (χ2v) is 3.96. The Hall–Kier alpha value is -2.70. The van der Waals surface area contributed by atoms with Crippen LogP contribution in [0.2, 0.25) is 0 Å². The van der Waals surface area contributed by atoms with Gasteiger partial charge in [0.1, 0.15) is 0 Å². The first-order valence-electron chi connectivity index (χ1n) is 5.61. The van der Waals surface area contributed by atoms with Crippen molar-refractivity contribution in [2.45, 2.75) is 13.5 Å². The highest BCUT2D eigenvalue weighted by Crippen LogP contribution is 2.14. The number of nitrogens with zero attached hydrogens (tertiary/aromatic N) is 3. The van der Waals surface area contributed by atoms with Crippen molar-refractivity contribution in [2.75, 3.05) is 0 Å². The molecule has 0 bridgehead atoms. The summed E-state index contributed by atoms with van der Waals surface area (Å²) in [6.07, 6.45) is 1.69. The van der Waals surface area contributed by atoms with Crippen molar-refractivity contribution in [3.8, 4) is 0 Å². The standard InChI is InChI=1S/C12H10N4O3/c1-7-14-16-11(19-7)6-18-12(17)8-2-3-9-5-13-15-10(9)4-8/h2-5H,6H2,1H3,(H,13,15). The predicted octanol–water partition coefficient (Wildman–Crippen LogP) is 1.61. The molecule has 0 saturated heterocycles. The Morgan fingerprint density at radius 2 is 2.32 bits per heavy atom. The molecule has 3 aromatic rings. The molecule has 7 nitrogen and oxygen atoms in total. The van der Waals surface area contributed by atoms with Gasteiger partial charge in [0, 0.05) is 12.3 Å². The van der Waals surface area contributed by atoms with Crippen molar-refractivity contribution in [1.29, 1.82) is 0 Å². The Balaban J connectivity index is 1.72. The first-order chi connectivity index (χ1) is 9.22. The number of aryl methyl sites for hydroxylation is 1. The third-order valence-electron chi connectivity index (χ3n) is 2.57. The van der Waals surface area contributed by atoms with Crippen LogP contribution in [-0.2, 0) is 11.3 Å². The summed E-state index contributed by atoms with van der Waals surface area (Å²) < 4.78 is 10.2. The van der Waals surface area contributed by atoms with E-state index in [1.54, 1.807) is 31.3 Å². The molecule has 1 aromatic carbocycles. The molecule has 0 aliphatic rings. The van der Waals surface area contributed by atoms with Crippen LogP contribution in [0.5, 0.6) is 0 Å². The number of carbonyl (C=O) groups excluding carboxylic acids is 1. The molecular formula is C12H10N4O3. The van der Waals surface area contributed by atoms with E-state index in [-0.39, 0.29) is 12.5 Å². The summed E-state index contributed by atoms with van der Waals surface area (Å²) in [6.45, 7) is 1.63. The molecule has 19 heavy (non-hydrogen) atoms. The lowest BCUT2D eigenvalue weighted by molar-refractivity contribution is 0.0437. The smallest absolute Gasteiger partial charge is 0.338 e. The topological polar surface area (TPSA) is 93.9 Å². The number of hydrogen-bond donors (Lipinski definition) is 1. The normalized spacial score (nSPS) is 10.8. The number of nitrogens with one attached hydrogen (secondary N) is 1. The van der Waals surface area contributed by atoms with E-state index in [0.29, 0.717) is 11.5 Å². The number of aromatic nitrogens is 4. The molecule has 0 radical (unpaired) electrons. The third kappa shape index (κ3) is 2.30. The number of H-pyrrole nitrogens is 1. The van der Waals surface area contributed by atoms with E-state index in [9.17, 15) is 4.79 Å². The van der Waals surface area contributed by atoms with Gasteiger partial charge in [0.15, 0.2) is 6.61 Å². The van der Waals surface area contributed by atoms with E-state index in [2.05, 4.69) is 20.4 Å². The van der Waals surface area contributed by atoms with E-state index in [4.69, 9.17) is 9.15 Å². The summed E-state index contributed by atoms with van der Waals surface area (Å²) in [7, 11) is 0. The molecule has 0 fully saturated rings. The molecule has 2 aromatic heterocycles. The summed E-state index contributed by atoms with van der Waals surface area (Å²) in [5.74, 6) is 0.255. The Labute approximate surface area is 107 Å². The van der Waals surface area contributed by atoms with Crippen molar-refractivity contribution in [1.82, 2.24) is 20.4 Å². The molecule has 0 unspecified atom stereocenters. The highest BCUT2D eigenvalue weighted by atomic mass is 16.5. The summed E-state index contributed by atoms with van der Waals surface area (Å²) in [4.78, 5) is 11.8. The minimum Gasteiger partial charge on any atom is -0.452 e. The van der Waals surface area contributed by atoms with Gasteiger partial charge in [-0.25, -0.2) is 4.79 Å². The van der Waals surface area contributed by atoms with Crippen LogP contribution in [0.1, 0.15) is 22.1 Å². The summed E-state index contributed by atoms with van der Waals surface area (Å²) in [5, 5.41) is 15.0. The molecule has 2 heterocycles. The van der Waals surface area contributed by atoms with Gasteiger partial charge in [0.2, 0.25) is 5.89 Å². The Kier molecular flexibility index (Phi) is 2.71. The first-order valence-corrected chi connectivity index (χ1v) is 5.61. The zero-order valence-corrected chi connectivity index (χ0v) is 10.1. The number of rotatable bonds is 3. The van der Waals surface area contributed by atoms with Gasteiger partial charge in [-0.05, 0) is 12.1 Å². The molecule has 0 atom stereocenters. The molecule has 1 N–H and O–H groups in total. The van der Waals surface area contributed by atoms with E-state index in [0.717, 1.165) is 10.9 Å². The van der Waals surface area contributed by atoms with E-state index in [1.165, 1.54) is 0 Å². The number of esters is 1. The maximum atomic E-state index is 11.8. The fraction of sp³-hybridized carbons (Fsp3) is 0.167. The molecule has 96 valence electrons. The van der Waals surface area contributed by atoms with Crippen LogP contribution in [0.15, 0.2) is 28.8 Å². The largest absolute Gasteiger partial charge is 0.452 e. The molecule has 3 rings (SSSR count). The Morgan fingerprint density at radius 3 is 3.11 bits per heavy atom. The fourth-order valence-electron chi connectivity index (χ4n) is 1.67. The molecule has 0 amide bonds. The van der Waals surface area contributed by atoms with E-state index >= 15 is 0 Å². The SMILES string of the molecule is Cc1nnc(COC(=O)c2ccc3cn[nH]c3c2)o1. The number of fused-ring (bicyclic) bond motifs is 1. The van der Waals surface area contributed by atoms with Gasteiger partial charge < -0.3 is 9.15 Å². The van der Waals surface area contributed by atoms with Gasteiger partial charge in [-0.15, -0.1) is 10.2 Å². The molecule has 0 saturated carbocycles. The number of hydrogen-bond acceptors (Lipinski definition) is 6. The van der Waals surface area contributed by atoms with Gasteiger partial charge in [-0.1, -0.05) is 6.07 Å². The monoisotopic (exact) mass is 258 g/mol. The van der Waals surface area contributed by atoms with E-state index < -0.39 is 5.97 Å². The zero-order valence-electron chi connectivity index (χ0n) is 10.1. The number of aromatic amines is 1. The average molecular weight is 258 g/mol. The zero-order chi connectivity index (χ0) is 13.2. The molecule has 0 aliphatic carbocycles. The van der Waals surface area contributed by atoms with Crippen molar-refractivity contribution in [3.63, 3.8) is 0 Å². The van der Waals surface area contributed by atoms with Gasteiger partial charge in [-0.3, -0.25) is 5.10 Å². The van der Waals surface area contributed by atoms with Gasteiger partial charge in [0.05, 0.1) is 17.3 Å². The average Bonchev–Trinajstić information content (AvgIpc) is 3.03. The molecule has 0 spiro atoms. The lowest BCUT2D eigenvalue weighted by Gasteiger charge is -2.01. The highest BCUT2D eigenvalue weighted by molar-refractivity contribution is 5.94. The van der Waals surface area contributed by atoms with Gasteiger partial charge in [0.25, 0.3) is 5.89 Å². The van der Waals surface area contributed by atoms with Crippen molar-refractivity contribution in [2.24, 2.45) is 0 Å². The lowest BCUT2D eigenvalue weighted by atomic mass is 10.2. The summed E-state index contributed by atoms with van der Waals surface area (Å²) in [6, 6.07) is 5.16. The summed E-state index contributed by atoms with van der Waals surface area (Å²) >= 11 is 0. The molecule has 0 aliphatic heterocycles. The Morgan fingerprint density at radius 1 is 1.42 bits per heavy atom. The van der Waals surface area contributed by atoms with Gasteiger partial charge in [-0.2, -0.15) is 5.10 Å². The van der Waals surface area contributed by atoms with Crippen LogP contribution >= 0.6 is 0 Å². The van der Waals surface area contributed by atoms with Crippen LogP contribution in [0.3, 0.4) is 0 Å². The number of carbonyl (C=O) groups is 1. The maximum Gasteiger partial charge on any atom is 0.338 e. The lowest BCUT2D eigenvalue weighted by Crippen LogP contribution is -2.05. The van der Waals surface area contributed by atoms with Crippen LogP contribution < -0.4 is 0 Å².